The molecule has 26 heavy (non-hydrogen) atoms. The number of aryl methyl sites for hydroxylation is 3. The fourth-order valence-corrected chi connectivity index (χ4v) is 4.56. The van der Waals surface area contributed by atoms with Crippen molar-refractivity contribution in [3.05, 3.63) is 58.8 Å². The van der Waals surface area contributed by atoms with Crippen molar-refractivity contribution in [1.29, 1.82) is 0 Å². The van der Waals surface area contributed by atoms with Gasteiger partial charge in [-0.05, 0) is 62.6 Å². The fourth-order valence-electron chi connectivity index (χ4n) is 3.30. The lowest BCUT2D eigenvalue weighted by Gasteiger charge is -2.10. The highest BCUT2D eigenvalue weighted by molar-refractivity contribution is 7.89. The normalized spacial score (nSPS) is 11.8. The second kappa shape index (κ2) is 7.13. The number of fused-ring (bicyclic) bond motifs is 1. The average Bonchev–Trinajstić information content (AvgIpc) is 2.89. The summed E-state index contributed by atoms with van der Waals surface area (Å²) in [4.78, 5) is 3.67. The maximum absolute atomic E-state index is 12.6. The molecular formula is C20H24N2O3S. The summed E-state index contributed by atoms with van der Waals surface area (Å²) in [6.07, 6.45) is 0.600. The Labute approximate surface area is 154 Å². The van der Waals surface area contributed by atoms with Gasteiger partial charge in [-0.2, -0.15) is 0 Å². The van der Waals surface area contributed by atoms with Crippen LogP contribution < -0.4 is 9.46 Å². The number of H-pyrrole nitrogens is 1. The Kier molecular flexibility index (Phi) is 5.07. The van der Waals surface area contributed by atoms with Gasteiger partial charge in [0, 0.05) is 23.1 Å². The second-order valence-corrected chi connectivity index (χ2v) is 8.29. The molecule has 0 bridgehead atoms. The molecule has 0 spiro atoms. The number of hydrogen-bond acceptors (Lipinski definition) is 3. The zero-order valence-electron chi connectivity index (χ0n) is 15.5. The van der Waals surface area contributed by atoms with E-state index in [0.29, 0.717) is 17.9 Å². The molecule has 5 nitrogen and oxygen atoms in total. The van der Waals surface area contributed by atoms with Gasteiger partial charge in [-0.15, -0.1) is 0 Å². The Hall–Kier alpha value is -2.31. The Balaban J connectivity index is 1.79. The van der Waals surface area contributed by atoms with Crippen LogP contribution in [-0.4, -0.2) is 27.1 Å². The van der Waals surface area contributed by atoms with Crippen LogP contribution in [0.25, 0.3) is 10.9 Å². The number of aromatic amines is 1. The predicted molar refractivity (Wildman–Crippen MR) is 104 cm³/mol. The van der Waals surface area contributed by atoms with Gasteiger partial charge < -0.3 is 9.72 Å². The molecule has 3 aromatic rings. The van der Waals surface area contributed by atoms with E-state index < -0.39 is 10.0 Å². The van der Waals surface area contributed by atoms with Crippen molar-refractivity contribution in [2.75, 3.05) is 13.7 Å². The van der Waals surface area contributed by atoms with Crippen molar-refractivity contribution >= 4 is 20.9 Å². The zero-order valence-corrected chi connectivity index (χ0v) is 16.3. The third-order valence-corrected chi connectivity index (χ3v) is 6.23. The van der Waals surface area contributed by atoms with Gasteiger partial charge in [0.25, 0.3) is 0 Å². The first-order valence-electron chi connectivity index (χ1n) is 8.54. The molecule has 1 heterocycles. The van der Waals surface area contributed by atoms with Crippen molar-refractivity contribution < 1.29 is 13.2 Å². The van der Waals surface area contributed by atoms with Crippen LogP contribution in [0.2, 0.25) is 0 Å². The van der Waals surface area contributed by atoms with E-state index in [1.807, 2.05) is 51.1 Å². The van der Waals surface area contributed by atoms with E-state index in [4.69, 9.17) is 4.74 Å². The van der Waals surface area contributed by atoms with Crippen molar-refractivity contribution in [1.82, 2.24) is 9.71 Å². The van der Waals surface area contributed by atoms with Gasteiger partial charge in [0.15, 0.2) is 0 Å². The van der Waals surface area contributed by atoms with E-state index in [0.717, 1.165) is 39.0 Å². The maximum Gasteiger partial charge on any atom is 0.240 e. The first-order valence-corrected chi connectivity index (χ1v) is 10.0. The first-order chi connectivity index (χ1) is 12.3. The number of aromatic nitrogens is 1. The molecule has 0 atom stereocenters. The smallest absolute Gasteiger partial charge is 0.240 e. The number of methoxy groups -OCH3 is 1. The minimum absolute atomic E-state index is 0.334. The molecule has 0 saturated carbocycles. The Morgan fingerprint density at radius 3 is 2.54 bits per heavy atom. The molecule has 6 heteroatoms. The molecule has 2 N–H and O–H groups in total. The Morgan fingerprint density at radius 2 is 1.85 bits per heavy atom. The van der Waals surface area contributed by atoms with E-state index in [-0.39, 0.29) is 0 Å². The molecule has 2 aromatic carbocycles. The molecule has 0 aliphatic carbocycles. The topological polar surface area (TPSA) is 71.2 Å². The van der Waals surface area contributed by atoms with Gasteiger partial charge in [-0.25, -0.2) is 13.1 Å². The summed E-state index contributed by atoms with van der Waals surface area (Å²) < 4.78 is 33.2. The molecule has 0 saturated heterocycles. The van der Waals surface area contributed by atoms with Crippen LogP contribution in [0.5, 0.6) is 5.75 Å². The summed E-state index contributed by atoms with van der Waals surface area (Å²) in [7, 11) is -1.89. The van der Waals surface area contributed by atoms with Crippen LogP contribution in [0.15, 0.2) is 41.3 Å². The maximum atomic E-state index is 12.6. The number of sulfonamides is 1. The number of hydrogen-bond donors (Lipinski definition) is 2. The van der Waals surface area contributed by atoms with E-state index in [2.05, 4.69) is 9.71 Å². The number of ether oxygens (including phenoxy) is 1. The quantitative estimate of drug-likeness (QED) is 0.694. The van der Waals surface area contributed by atoms with Crippen LogP contribution in [0.4, 0.5) is 0 Å². The monoisotopic (exact) mass is 372 g/mol. The third-order valence-electron chi connectivity index (χ3n) is 4.61. The lowest BCUT2D eigenvalue weighted by molar-refractivity contribution is 0.415. The summed E-state index contributed by atoms with van der Waals surface area (Å²) in [5.41, 5.74) is 4.96. The Morgan fingerprint density at radius 1 is 1.08 bits per heavy atom. The van der Waals surface area contributed by atoms with Crippen LogP contribution in [0, 0.1) is 20.8 Å². The van der Waals surface area contributed by atoms with E-state index in [1.165, 1.54) is 0 Å². The summed E-state index contributed by atoms with van der Waals surface area (Å²) >= 11 is 0. The standard InChI is InChI=1S/C20H24N2O3S/c1-13-5-8-20(14(2)11-13)26(23,24)21-10-9-17-15(3)22-19-7-6-16(25-4)12-18(17)19/h5-8,11-12,21-22H,9-10H2,1-4H3. The minimum Gasteiger partial charge on any atom is -0.497 e. The lowest BCUT2D eigenvalue weighted by Crippen LogP contribution is -2.26. The summed E-state index contributed by atoms with van der Waals surface area (Å²) in [6.45, 7) is 6.10. The van der Waals surface area contributed by atoms with Crippen molar-refractivity contribution in [3.8, 4) is 5.75 Å². The highest BCUT2D eigenvalue weighted by atomic mass is 32.2. The van der Waals surface area contributed by atoms with Crippen LogP contribution in [0.3, 0.4) is 0 Å². The SMILES string of the molecule is COc1ccc2[nH]c(C)c(CCNS(=O)(=O)c3ccc(C)cc3C)c2c1. The van der Waals surface area contributed by atoms with Crippen LogP contribution >= 0.6 is 0 Å². The molecule has 3 rings (SSSR count). The zero-order chi connectivity index (χ0) is 18.9. The second-order valence-electron chi connectivity index (χ2n) is 6.56. The summed E-state index contributed by atoms with van der Waals surface area (Å²) in [6, 6.07) is 11.2. The van der Waals surface area contributed by atoms with E-state index in [1.54, 1.807) is 13.2 Å². The van der Waals surface area contributed by atoms with Crippen molar-refractivity contribution in [2.24, 2.45) is 0 Å². The molecular weight excluding hydrogens is 348 g/mol. The molecule has 0 aliphatic heterocycles. The summed E-state index contributed by atoms with van der Waals surface area (Å²) in [5, 5.41) is 1.06. The Bertz CT molecular complexity index is 1050. The number of nitrogens with one attached hydrogen (secondary N) is 2. The summed E-state index contributed by atoms with van der Waals surface area (Å²) in [5.74, 6) is 0.786. The molecule has 1 aromatic heterocycles. The highest BCUT2D eigenvalue weighted by Gasteiger charge is 2.17. The molecule has 0 amide bonds. The van der Waals surface area contributed by atoms with Gasteiger partial charge in [-0.1, -0.05) is 17.7 Å². The van der Waals surface area contributed by atoms with Gasteiger partial charge in [0.05, 0.1) is 12.0 Å². The average molecular weight is 372 g/mol. The van der Waals surface area contributed by atoms with Crippen molar-refractivity contribution in [2.45, 2.75) is 32.1 Å². The minimum atomic E-state index is -3.52. The van der Waals surface area contributed by atoms with Gasteiger partial charge in [0.1, 0.15) is 5.75 Å². The number of rotatable bonds is 6. The number of benzene rings is 2. The molecule has 0 radical (unpaired) electrons. The largest absolute Gasteiger partial charge is 0.497 e. The highest BCUT2D eigenvalue weighted by Crippen LogP contribution is 2.26. The third kappa shape index (κ3) is 3.61. The van der Waals surface area contributed by atoms with Gasteiger partial charge in [-0.3, -0.25) is 0 Å². The van der Waals surface area contributed by atoms with E-state index in [9.17, 15) is 8.42 Å². The molecule has 0 unspecified atom stereocenters. The first kappa shape index (κ1) is 18.5. The molecule has 138 valence electrons. The molecule has 0 aliphatic rings. The fraction of sp³-hybridized carbons (Fsp3) is 0.300. The van der Waals surface area contributed by atoms with Crippen LogP contribution in [0.1, 0.15) is 22.4 Å². The van der Waals surface area contributed by atoms with Crippen LogP contribution in [-0.2, 0) is 16.4 Å². The van der Waals surface area contributed by atoms with Gasteiger partial charge in [0.2, 0.25) is 10.0 Å². The van der Waals surface area contributed by atoms with E-state index >= 15 is 0 Å². The van der Waals surface area contributed by atoms with Crippen molar-refractivity contribution in [3.63, 3.8) is 0 Å². The van der Waals surface area contributed by atoms with Gasteiger partial charge >= 0.3 is 0 Å². The molecule has 0 fully saturated rings. The lowest BCUT2D eigenvalue weighted by atomic mass is 10.1. The predicted octanol–water partition coefficient (Wildman–Crippen LogP) is 3.62.